The Hall–Kier alpha value is -1.78. The van der Waals surface area contributed by atoms with Crippen LogP contribution >= 0.6 is 0 Å². The number of hydrogen-bond donors (Lipinski definition) is 1. The summed E-state index contributed by atoms with van der Waals surface area (Å²) in [6.45, 7) is 0. The summed E-state index contributed by atoms with van der Waals surface area (Å²) < 4.78 is 38.5. The number of nitrogens with two attached hydrogens (primary N) is 1. The fourth-order valence-corrected chi connectivity index (χ4v) is 3.25. The normalized spacial score (nSPS) is 17.3. The van der Waals surface area contributed by atoms with Crippen molar-refractivity contribution in [1.82, 2.24) is 4.98 Å². The van der Waals surface area contributed by atoms with Gasteiger partial charge in [0, 0.05) is 11.1 Å². The van der Waals surface area contributed by atoms with E-state index in [1.165, 1.54) is 6.42 Å². The summed E-state index contributed by atoms with van der Waals surface area (Å²) in [5, 5.41) is 0.692. The Kier molecular flexibility index (Phi) is 3.51. The summed E-state index contributed by atoms with van der Waals surface area (Å²) in [7, 11) is 0. The zero-order valence-electron chi connectivity index (χ0n) is 11.6. The van der Waals surface area contributed by atoms with Gasteiger partial charge in [0.2, 0.25) is 0 Å². The summed E-state index contributed by atoms with van der Waals surface area (Å²) in [5.74, 6) is 0.378. The minimum Gasteiger partial charge on any atom is -0.398 e. The van der Waals surface area contributed by atoms with Crippen molar-refractivity contribution >= 4 is 16.6 Å². The van der Waals surface area contributed by atoms with Gasteiger partial charge in [0.15, 0.2) is 0 Å². The third kappa shape index (κ3) is 2.69. The minimum absolute atomic E-state index is 0.175. The van der Waals surface area contributed by atoms with Crippen molar-refractivity contribution in [1.29, 1.82) is 0 Å². The molecule has 1 aromatic carbocycles. The second-order valence-corrected chi connectivity index (χ2v) is 5.67. The number of pyridine rings is 1. The largest absolute Gasteiger partial charge is 0.433 e. The number of aromatic nitrogens is 1. The second kappa shape index (κ2) is 5.20. The molecule has 21 heavy (non-hydrogen) atoms. The molecule has 1 aliphatic rings. The van der Waals surface area contributed by atoms with E-state index >= 15 is 0 Å². The molecule has 1 fully saturated rings. The molecule has 0 bridgehead atoms. The third-order valence-corrected chi connectivity index (χ3v) is 4.23. The first-order valence-corrected chi connectivity index (χ1v) is 7.23. The summed E-state index contributed by atoms with van der Waals surface area (Å²) in [5.41, 5.74) is 6.56. The van der Waals surface area contributed by atoms with E-state index in [1.54, 1.807) is 12.1 Å². The SMILES string of the molecule is Nc1cc(C(F)(F)F)nc2cccc(C3CCCCC3)c12. The van der Waals surface area contributed by atoms with Crippen LogP contribution < -0.4 is 5.73 Å². The van der Waals surface area contributed by atoms with Crippen molar-refractivity contribution in [2.75, 3.05) is 5.73 Å². The molecule has 0 aliphatic heterocycles. The maximum absolute atomic E-state index is 12.8. The lowest BCUT2D eigenvalue weighted by molar-refractivity contribution is -0.140. The van der Waals surface area contributed by atoms with Gasteiger partial charge in [-0.05, 0) is 36.5 Å². The maximum atomic E-state index is 12.8. The molecule has 2 aromatic rings. The molecule has 1 heterocycles. The van der Waals surface area contributed by atoms with Crippen LogP contribution in [0.25, 0.3) is 10.9 Å². The Labute approximate surface area is 121 Å². The van der Waals surface area contributed by atoms with E-state index in [-0.39, 0.29) is 5.69 Å². The van der Waals surface area contributed by atoms with E-state index in [0.29, 0.717) is 16.8 Å². The molecule has 0 amide bonds. The highest BCUT2D eigenvalue weighted by Crippen LogP contribution is 2.39. The Morgan fingerprint density at radius 1 is 1.10 bits per heavy atom. The number of hydrogen-bond acceptors (Lipinski definition) is 2. The van der Waals surface area contributed by atoms with Gasteiger partial charge in [-0.15, -0.1) is 0 Å². The number of halogens is 3. The number of fused-ring (bicyclic) bond motifs is 1. The first-order valence-electron chi connectivity index (χ1n) is 7.23. The van der Waals surface area contributed by atoms with Crippen LogP contribution in [0.1, 0.15) is 49.3 Å². The number of anilines is 1. The molecular formula is C16H17F3N2. The van der Waals surface area contributed by atoms with Gasteiger partial charge in [0.1, 0.15) is 5.69 Å². The van der Waals surface area contributed by atoms with Gasteiger partial charge in [-0.3, -0.25) is 0 Å². The van der Waals surface area contributed by atoms with E-state index < -0.39 is 11.9 Å². The molecule has 0 radical (unpaired) electrons. The molecule has 5 heteroatoms. The van der Waals surface area contributed by atoms with Gasteiger partial charge < -0.3 is 5.73 Å². The predicted molar refractivity (Wildman–Crippen MR) is 77.0 cm³/mol. The molecule has 2 N–H and O–H groups in total. The van der Waals surface area contributed by atoms with Crippen LogP contribution in [0.15, 0.2) is 24.3 Å². The average molecular weight is 294 g/mol. The van der Waals surface area contributed by atoms with Gasteiger partial charge in [0.05, 0.1) is 5.52 Å². The Morgan fingerprint density at radius 2 is 1.81 bits per heavy atom. The molecule has 112 valence electrons. The van der Waals surface area contributed by atoms with Gasteiger partial charge in [-0.1, -0.05) is 31.4 Å². The van der Waals surface area contributed by atoms with Crippen molar-refractivity contribution in [3.8, 4) is 0 Å². The van der Waals surface area contributed by atoms with Crippen LogP contribution in [-0.2, 0) is 6.18 Å². The van der Waals surface area contributed by atoms with Crippen LogP contribution in [0.3, 0.4) is 0 Å². The number of benzene rings is 1. The van der Waals surface area contributed by atoms with E-state index in [1.807, 2.05) is 6.07 Å². The highest BCUT2D eigenvalue weighted by molar-refractivity contribution is 5.93. The fraction of sp³-hybridized carbons (Fsp3) is 0.438. The standard InChI is InChI=1S/C16H17F3N2/c17-16(18,19)14-9-12(20)15-11(7-4-8-13(15)21-14)10-5-2-1-3-6-10/h4,7-10H,1-3,5-6H2,(H2,20,21). The highest BCUT2D eigenvalue weighted by Gasteiger charge is 2.33. The van der Waals surface area contributed by atoms with Crippen molar-refractivity contribution in [2.45, 2.75) is 44.2 Å². The van der Waals surface area contributed by atoms with Crippen molar-refractivity contribution in [2.24, 2.45) is 0 Å². The zero-order valence-corrected chi connectivity index (χ0v) is 11.6. The topological polar surface area (TPSA) is 38.9 Å². The zero-order chi connectivity index (χ0) is 15.0. The molecular weight excluding hydrogens is 277 g/mol. The van der Waals surface area contributed by atoms with Crippen molar-refractivity contribution in [3.05, 3.63) is 35.5 Å². The number of nitrogens with zero attached hydrogens (tertiary/aromatic N) is 1. The molecule has 1 saturated carbocycles. The minimum atomic E-state index is -4.47. The van der Waals surface area contributed by atoms with Crippen LogP contribution in [0.5, 0.6) is 0 Å². The molecule has 0 unspecified atom stereocenters. The summed E-state index contributed by atoms with van der Waals surface area (Å²) in [6, 6.07) is 6.31. The molecule has 1 aromatic heterocycles. The summed E-state index contributed by atoms with van der Waals surface area (Å²) >= 11 is 0. The first-order chi connectivity index (χ1) is 9.97. The summed E-state index contributed by atoms with van der Waals surface area (Å²) in [6.07, 6.45) is 1.22. The Morgan fingerprint density at radius 3 is 2.48 bits per heavy atom. The molecule has 3 rings (SSSR count). The molecule has 1 aliphatic carbocycles. The van der Waals surface area contributed by atoms with Crippen molar-refractivity contribution in [3.63, 3.8) is 0 Å². The lowest BCUT2D eigenvalue weighted by atomic mass is 9.82. The van der Waals surface area contributed by atoms with Crippen LogP contribution in [0.2, 0.25) is 0 Å². The average Bonchev–Trinajstić information content (AvgIpc) is 2.46. The van der Waals surface area contributed by atoms with Gasteiger partial charge in [-0.25, -0.2) is 4.98 Å². The maximum Gasteiger partial charge on any atom is 0.433 e. The van der Waals surface area contributed by atoms with Crippen LogP contribution in [0.4, 0.5) is 18.9 Å². The quantitative estimate of drug-likeness (QED) is 0.813. The van der Waals surface area contributed by atoms with E-state index in [9.17, 15) is 13.2 Å². The smallest absolute Gasteiger partial charge is 0.398 e. The van der Waals surface area contributed by atoms with Crippen LogP contribution in [-0.4, -0.2) is 4.98 Å². The Bertz CT molecular complexity index is 658. The van der Waals surface area contributed by atoms with E-state index in [2.05, 4.69) is 4.98 Å². The van der Waals surface area contributed by atoms with Gasteiger partial charge in [-0.2, -0.15) is 13.2 Å². The highest BCUT2D eigenvalue weighted by atomic mass is 19.4. The second-order valence-electron chi connectivity index (χ2n) is 5.67. The monoisotopic (exact) mass is 294 g/mol. The molecule has 0 spiro atoms. The Balaban J connectivity index is 2.15. The van der Waals surface area contributed by atoms with E-state index in [0.717, 1.165) is 37.3 Å². The van der Waals surface area contributed by atoms with Crippen molar-refractivity contribution < 1.29 is 13.2 Å². The third-order valence-electron chi connectivity index (χ3n) is 4.23. The lowest BCUT2D eigenvalue weighted by Crippen LogP contribution is -2.11. The lowest BCUT2D eigenvalue weighted by Gasteiger charge is -2.24. The number of alkyl halides is 3. The van der Waals surface area contributed by atoms with E-state index in [4.69, 9.17) is 5.73 Å². The molecule has 0 atom stereocenters. The van der Waals surface area contributed by atoms with Crippen LogP contribution in [0, 0.1) is 0 Å². The predicted octanol–water partition coefficient (Wildman–Crippen LogP) is 4.88. The first kappa shape index (κ1) is 14.2. The van der Waals surface area contributed by atoms with Gasteiger partial charge >= 0.3 is 6.18 Å². The number of rotatable bonds is 1. The number of nitrogen functional groups attached to an aromatic ring is 1. The molecule has 0 saturated heterocycles. The van der Waals surface area contributed by atoms with Gasteiger partial charge in [0.25, 0.3) is 0 Å². The molecule has 2 nitrogen and oxygen atoms in total. The fourth-order valence-electron chi connectivity index (χ4n) is 3.25. The summed E-state index contributed by atoms with van der Waals surface area (Å²) in [4.78, 5) is 3.76.